The van der Waals surface area contributed by atoms with Gasteiger partial charge in [-0.2, -0.15) is 0 Å². The van der Waals surface area contributed by atoms with Crippen LogP contribution >= 0.6 is 0 Å². The highest BCUT2D eigenvalue weighted by Gasteiger charge is 2.37. The average molecular weight is 210 g/mol. The van der Waals surface area contributed by atoms with Crippen molar-refractivity contribution in [2.24, 2.45) is 0 Å². The van der Waals surface area contributed by atoms with Crippen molar-refractivity contribution in [3.05, 3.63) is 29.8 Å². The summed E-state index contributed by atoms with van der Waals surface area (Å²) in [5, 5.41) is 29.1. The Labute approximate surface area is 90.0 Å². The summed E-state index contributed by atoms with van der Waals surface area (Å²) in [7, 11) is 0. The molecule has 3 heteroatoms. The molecule has 0 fully saturated rings. The molecule has 1 rings (SSSR count). The lowest BCUT2D eigenvalue weighted by Gasteiger charge is -2.35. The summed E-state index contributed by atoms with van der Waals surface area (Å²) in [6, 6.07) is 6.67. The highest BCUT2D eigenvalue weighted by atomic mass is 16.4. The Bertz CT molecular complexity index is 337. The van der Waals surface area contributed by atoms with Gasteiger partial charge in [0.1, 0.15) is 5.75 Å². The van der Waals surface area contributed by atoms with Gasteiger partial charge in [0.25, 0.3) is 0 Å². The molecule has 3 N–H and O–H groups in total. The van der Waals surface area contributed by atoms with E-state index in [4.69, 9.17) is 0 Å². The third-order valence-electron chi connectivity index (χ3n) is 2.78. The van der Waals surface area contributed by atoms with Crippen LogP contribution in [0, 0.1) is 0 Å². The number of phenolic OH excluding ortho intramolecular Hbond substituents is 1. The maximum absolute atomic E-state index is 10.1. The van der Waals surface area contributed by atoms with E-state index in [0.717, 1.165) is 5.56 Å². The lowest BCUT2D eigenvalue weighted by Crippen LogP contribution is -2.49. The van der Waals surface area contributed by atoms with Gasteiger partial charge in [-0.3, -0.25) is 0 Å². The SMILES string of the molecule is CC(C)(O)C(C)(O)Cc1cccc(O)c1. The normalized spacial score (nSPS) is 16.1. The number of phenols is 1. The van der Waals surface area contributed by atoms with Gasteiger partial charge in [-0.25, -0.2) is 0 Å². The fourth-order valence-electron chi connectivity index (χ4n) is 1.28. The quantitative estimate of drug-likeness (QED) is 0.707. The van der Waals surface area contributed by atoms with Crippen LogP contribution in [-0.4, -0.2) is 26.5 Å². The molecule has 0 bridgehead atoms. The van der Waals surface area contributed by atoms with Crippen molar-refractivity contribution < 1.29 is 15.3 Å². The van der Waals surface area contributed by atoms with Gasteiger partial charge in [-0.15, -0.1) is 0 Å². The van der Waals surface area contributed by atoms with Gasteiger partial charge >= 0.3 is 0 Å². The van der Waals surface area contributed by atoms with Crippen molar-refractivity contribution in [1.29, 1.82) is 0 Å². The molecule has 84 valence electrons. The Hall–Kier alpha value is -1.06. The molecule has 0 aromatic heterocycles. The molecule has 0 saturated heterocycles. The highest BCUT2D eigenvalue weighted by Crippen LogP contribution is 2.26. The lowest BCUT2D eigenvalue weighted by molar-refractivity contribution is -0.118. The number of hydrogen-bond donors (Lipinski definition) is 3. The van der Waals surface area contributed by atoms with Crippen molar-refractivity contribution in [2.45, 2.75) is 38.4 Å². The van der Waals surface area contributed by atoms with Crippen molar-refractivity contribution in [1.82, 2.24) is 0 Å². The van der Waals surface area contributed by atoms with E-state index in [1.54, 1.807) is 45.0 Å². The fraction of sp³-hybridized carbons (Fsp3) is 0.500. The van der Waals surface area contributed by atoms with Crippen LogP contribution in [0.25, 0.3) is 0 Å². The van der Waals surface area contributed by atoms with Crippen LogP contribution in [0.1, 0.15) is 26.3 Å². The molecule has 3 nitrogen and oxygen atoms in total. The second-order valence-electron chi connectivity index (χ2n) is 4.68. The summed E-state index contributed by atoms with van der Waals surface area (Å²) in [4.78, 5) is 0. The second-order valence-corrected chi connectivity index (χ2v) is 4.68. The van der Waals surface area contributed by atoms with Crippen LogP contribution < -0.4 is 0 Å². The van der Waals surface area contributed by atoms with Gasteiger partial charge in [-0.1, -0.05) is 12.1 Å². The van der Waals surface area contributed by atoms with Gasteiger partial charge in [0.2, 0.25) is 0 Å². The zero-order chi connectivity index (χ0) is 11.7. The maximum Gasteiger partial charge on any atom is 0.115 e. The first-order valence-electron chi connectivity index (χ1n) is 4.95. The number of rotatable bonds is 3. The van der Waals surface area contributed by atoms with Crippen molar-refractivity contribution in [3.63, 3.8) is 0 Å². The standard InChI is InChI=1S/C12H18O3/c1-11(2,14)12(3,15)8-9-5-4-6-10(13)7-9/h4-7,13-15H,8H2,1-3H3. The van der Waals surface area contributed by atoms with Crippen LogP contribution in [-0.2, 0) is 6.42 Å². The summed E-state index contributed by atoms with van der Waals surface area (Å²) in [6.07, 6.45) is 0.297. The molecule has 15 heavy (non-hydrogen) atoms. The van der Waals surface area contributed by atoms with Gasteiger partial charge in [0.15, 0.2) is 0 Å². The Balaban J connectivity index is 2.87. The third-order valence-corrected chi connectivity index (χ3v) is 2.78. The van der Waals surface area contributed by atoms with Crippen LogP contribution in [0.5, 0.6) is 5.75 Å². The van der Waals surface area contributed by atoms with E-state index in [0.29, 0.717) is 6.42 Å². The minimum absolute atomic E-state index is 0.166. The minimum atomic E-state index is -1.22. The van der Waals surface area contributed by atoms with E-state index in [1.807, 2.05) is 0 Å². The molecule has 1 atom stereocenters. The Morgan fingerprint density at radius 1 is 1.13 bits per heavy atom. The molecular weight excluding hydrogens is 192 g/mol. The number of hydrogen-bond acceptors (Lipinski definition) is 3. The first-order chi connectivity index (χ1) is 6.72. The average Bonchev–Trinajstić information content (AvgIpc) is 2.00. The highest BCUT2D eigenvalue weighted by molar-refractivity contribution is 5.28. The maximum atomic E-state index is 10.1. The van der Waals surface area contributed by atoms with Gasteiger partial charge in [0.05, 0.1) is 11.2 Å². The number of aliphatic hydroxyl groups is 2. The molecule has 1 aromatic rings. The predicted octanol–water partition coefficient (Wildman–Crippen LogP) is 1.46. The van der Waals surface area contributed by atoms with E-state index in [9.17, 15) is 15.3 Å². The fourth-order valence-corrected chi connectivity index (χ4v) is 1.28. The molecular formula is C12H18O3. The van der Waals surface area contributed by atoms with E-state index < -0.39 is 11.2 Å². The van der Waals surface area contributed by atoms with E-state index in [-0.39, 0.29) is 5.75 Å². The van der Waals surface area contributed by atoms with E-state index in [1.165, 1.54) is 0 Å². The van der Waals surface area contributed by atoms with E-state index >= 15 is 0 Å². The van der Waals surface area contributed by atoms with Crippen LogP contribution in [0.2, 0.25) is 0 Å². The third kappa shape index (κ3) is 2.94. The van der Waals surface area contributed by atoms with Gasteiger partial charge < -0.3 is 15.3 Å². The Morgan fingerprint density at radius 2 is 1.73 bits per heavy atom. The van der Waals surface area contributed by atoms with Crippen molar-refractivity contribution >= 4 is 0 Å². The number of aromatic hydroxyl groups is 1. The van der Waals surface area contributed by atoms with Crippen molar-refractivity contribution in [2.75, 3.05) is 0 Å². The van der Waals surface area contributed by atoms with Gasteiger partial charge in [0, 0.05) is 6.42 Å². The van der Waals surface area contributed by atoms with Crippen LogP contribution in [0.3, 0.4) is 0 Å². The first-order valence-corrected chi connectivity index (χ1v) is 4.95. The summed E-state index contributed by atoms with van der Waals surface area (Å²) < 4.78 is 0. The zero-order valence-corrected chi connectivity index (χ0v) is 9.36. The predicted molar refractivity (Wildman–Crippen MR) is 58.7 cm³/mol. The summed E-state index contributed by atoms with van der Waals surface area (Å²) in [6.45, 7) is 4.71. The van der Waals surface area contributed by atoms with Crippen LogP contribution in [0.15, 0.2) is 24.3 Å². The molecule has 0 saturated carbocycles. The topological polar surface area (TPSA) is 60.7 Å². The Kier molecular flexibility index (Phi) is 3.07. The summed E-state index contributed by atoms with van der Waals surface area (Å²) in [5.74, 6) is 0.166. The largest absolute Gasteiger partial charge is 0.508 e. The van der Waals surface area contributed by atoms with E-state index in [2.05, 4.69) is 0 Å². The molecule has 0 heterocycles. The molecule has 0 radical (unpaired) electrons. The smallest absolute Gasteiger partial charge is 0.115 e. The minimum Gasteiger partial charge on any atom is -0.508 e. The molecule has 0 aliphatic carbocycles. The molecule has 0 aliphatic rings. The van der Waals surface area contributed by atoms with Gasteiger partial charge in [-0.05, 0) is 38.5 Å². The lowest BCUT2D eigenvalue weighted by atomic mass is 9.82. The molecule has 1 aromatic carbocycles. The molecule has 1 unspecified atom stereocenters. The monoisotopic (exact) mass is 210 g/mol. The van der Waals surface area contributed by atoms with Crippen LogP contribution in [0.4, 0.5) is 0 Å². The van der Waals surface area contributed by atoms with Crippen molar-refractivity contribution in [3.8, 4) is 5.75 Å². The zero-order valence-electron chi connectivity index (χ0n) is 9.36. The molecule has 0 amide bonds. The summed E-state index contributed by atoms with van der Waals surface area (Å²) in [5.41, 5.74) is -1.61. The Morgan fingerprint density at radius 3 is 2.20 bits per heavy atom. The summed E-state index contributed by atoms with van der Waals surface area (Å²) >= 11 is 0. The first kappa shape index (κ1) is 12.0. The second kappa shape index (κ2) is 3.83. The molecule has 0 spiro atoms. The molecule has 0 aliphatic heterocycles. The number of benzene rings is 1.